The molecule has 3 heterocycles. The van der Waals surface area contributed by atoms with Crippen molar-refractivity contribution < 1.29 is 0 Å². The van der Waals surface area contributed by atoms with E-state index in [0.29, 0.717) is 10.2 Å². The van der Waals surface area contributed by atoms with Crippen LogP contribution in [0, 0.1) is 5.41 Å². The molecule has 0 aromatic heterocycles. The van der Waals surface area contributed by atoms with Crippen LogP contribution in [0.1, 0.15) is 47.0 Å². The van der Waals surface area contributed by atoms with Gasteiger partial charge in [-0.25, -0.2) is 0 Å². The maximum atomic E-state index is 3.52. The molecule has 88 valence electrons. The Balaban J connectivity index is 2.30. The van der Waals surface area contributed by atoms with Gasteiger partial charge in [0, 0.05) is 22.6 Å². The number of fused-ring (bicyclic) bond motifs is 4. The summed E-state index contributed by atoms with van der Waals surface area (Å²) >= 11 is 2.16. The Labute approximate surface area is 97.9 Å². The molecule has 3 unspecified atom stereocenters. The van der Waals surface area contributed by atoms with Crippen molar-refractivity contribution in [2.24, 2.45) is 5.41 Å². The van der Waals surface area contributed by atoms with Crippen LogP contribution in [0.15, 0.2) is 0 Å². The average molecular weight is 228 g/mol. The number of thioether (sulfide) groups is 1. The van der Waals surface area contributed by atoms with E-state index in [9.17, 15) is 0 Å². The van der Waals surface area contributed by atoms with Crippen molar-refractivity contribution in [2.45, 2.75) is 57.2 Å². The summed E-state index contributed by atoms with van der Waals surface area (Å²) in [5.41, 5.74) is 7.70. The summed E-state index contributed by atoms with van der Waals surface area (Å²) in [6, 6.07) is 0. The highest BCUT2D eigenvalue weighted by molar-refractivity contribution is 8.00. The topological polar surface area (TPSA) is 24.1 Å². The fourth-order valence-corrected chi connectivity index (χ4v) is 4.78. The molecule has 3 fully saturated rings. The van der Waals surface area contributed by atoms with Crippen LogP contribution in [0.2, 0.25) is 0 Å². The average Bonchev–Trinajstić information content (AvgIpc) is 2.32. The molecule has 3 saturated heterocycles. The van der Waals surface area contributed by atoms with E-state index in [4.69, 9.17) is 0 Å². The van der Waals surface area contributed by atoms with Crippen LogP contribution < -0.4 is 10.9 Å². The molecule has 0 radical (unpaired) electrons. The lowest BCUT2D eigenvalue weighted by Gasteiger charge is -2.52. The Kier molecular flexibility index (Phi) is 2.85. The van der Waals surface area contributed by atoms with Crippen molar-refractivity contribution in [3.63, 3.8) is 0 Å². The summed E-state index contributed by atoms with van der Waals surface area (Å²) in [7, 11) is 0. The third kappa shape index (κ3) is 1.83. The molecule has 2 N–H and O–H groups in total. The summed E-state index contributed by atoms with van der Waals surface area (Å²) < 4.78 is 0.395. The van der Waals surface area contributed by atoms with Crippen LogP contribution in [-0.2, 0) is 0 Å². The molecule has 2 bridgehead atoms. The maximum Gasteiger partial charge on any atom is 0.0391 e. The summed E-state index contributed by atoms with van der Waals surface area (Å²) in [5.74, 6) is 1.23. The Morgan fingerprint density at radius 2 is 2.00 bits per heavy atom. The van der Waals surface area contributed by atoms with Crippen molar-refractivity contribution >= 4 is 11.8 Å². The number of nitrogens with one attached hydrogen (secondary N) is 2. The highest BCUT2D eigenvalue weighted by atomic mass is 32.2. The van der Waals surface area contributed by atoms with E-state index in [1.165, 1.54) is 25.0 Å². The van der Waals surface area contributed by atoms with Crippen molar-refractivity contribution in [1.82, 2.24) is 10.9 Å². The lowest BCUT2D eigenvalue weighted by atomic mass is 9.67. The second kappa shape index (κ2) is 3.64. The largest absolute Gasteiger partial charge is 0.256 e. The van der Waals surface area contributed by atoms with E-state index >= 15 is 0 Å². The first-order valence-electron chi connectivity index (χ1n) is 6.07. The molecule has 3 aliphatic heterocycles. The van der Waals surface area contributed by atoms with E-state index in [1.807, 2.05) is 0 Å². The lowest BCUT2D eigenvalue weighted by Crippen LogP contribution is -2.54. The van der Waals surface area contributed by atoms with Crippen LogP contribution in [0.4, 0.5) is 0 Å². The predicted molar refractivity (Wildman–Crippen MR) is 68.0 cm³/mol. The minimum Gasteiger partial charge on any atom is -0.256 e. The van der Waals surface area contributed by atoms with E-state index in [2.05, 4.69) is 50.3 Å². The molecule has 3 aliphatic rings. The quantitative estimate of drug-likeness (QED) is 0.759. The van der Waals surface area contributed by atoms with E-state index in [1.54, 1.807) is 0 Å². The Bertz CT molecular complexity index is 258. The minimum atomic E-state index is 0.282. The van der Waals surface area contributed by atoms with E-state index in [-0.39, 0.29) is 5.54 Å². The van der Waals surface area contributed by atoms with Gasteiger partial charge in [-0.05, 0) is 32.1 Å². The summed E-state index contributed by atoms with van der Waals surface area (Å²) in [6.07, 6.45) is 3.93. The normalized spacial score (nSPS) is 50.4. The second-order valence-corrected chi connectivity index (χ2v) is 7.52. The third-order valence-electron chi connectivity index (χ3n) is 4.38. The van der Waals surface area contributed by atoms with Crippen molar-refractivity contribution in [3.05, 3.63) is 0 Å². The van der Waals surface area contributed by atoms with Gasteiger partial charge in [-0.3, -0.25) is 10.9 Å². The second-order valence-electron chi connectivity index (χ2n) is 6.05. The van der Waals surface area contributed by atoms with Gasteiger partial charge in [0.25, 0.3) is 0 Å². The first-order chi connectivity index (χ1) is 6.93. The first-order valence-corrected chi connectivity index (χ1v) is 7.06. The molecule has 0 amide bonds. The van der Waals surface area contributed by atoms with Gasteiger partial charge in [-0.15, -0.1) is 0 Å². The van der Waals surface area contributed by atoms with E-state index < -0.39 is 0 Å². The van der Waals surface area contributed by atoms with Crippen molar-refractivity contribution in [3.8, 4) is 0 Å². The molecule has 3 rings (SSSR count). The zero-order valence-electron chi connectivity index (χ0n) is 10.4. The monoisotopic (exact) mass is 228 g/mol. The summed E-state index contributed by atoms with van der Waals surface area (Å²) in [6.45, 7) is 10.7. The number of hydrogen-bond acceptors (Lipinski definition) is 3. The molecule has 0 aromatic rings. The van der Waals surface area contributed by atoms with Crippen LogP contribution >= 0.6 is 11.8 Å². The molecular weight excluding hydrogens is 204 g/mol. The molecule has 0 saturated carbocycles. The smallest absolute Gasteiger partial charge is 0.0391 e. The van der Waals surface area contributed by atoms with Gasteiger partial charge >= 0.3 is 0 Å². The molecule has 0 spiro atoms. The number of hydrazine groups is 1. The van der Waals surface area contributed by atoms with Crippen LogP contribution in [0.5, 0.6) is 0 Å². The highest BCUT2D eigenvalue weighted by Gasteiger charge is 2.54. The summed E-state index contributed by atoms with van der Waals surface area (Å²) in [4.78, 5) is 0. The molecular formula is C12H24N2S. The third-order valence-corrected chi connectivity index (χ3v) is 6.44. The first kappa shape index (κ1) is 11.7. The minimum absolute atomic E-state index is 0.282. The molecule has 0 aliphatic carbocycles. The van der Waals surface area contributed by atoms with Gasteiger partial charge in [0.15, 0.2) is 0 Å². The van der Waals surface area contributed by atoms with Crippen LogP contribution in [-0.4, -0.2) is 22.6 Å². The predicted octanol–water partition coefficient (Wildman–Crippen LogP) is 2.55. The zero-order valence-corrected chi connectivity index (χ0v) is 11.3. The standard InChI is InChI=1S/C12H24N2S/c1-5-6-10(2)7-11(3)9-15-12(10,4)8-13-14-11/h13-14H,5-9H2,1-4H3. The van der Waals surface area contributed by atoms with Gasteiger partial charge in [-0.2, -0.15) is 11.8 Å². The van der Waals surface area contributed by atoms with Gasteiger partial charge in [0.05, 0.1) is 0 Å². The van der Waals surface area contributed by atoms with E-state index in [0.717, 1.165) is 6.54 Å². The van der Waals surface area contributed by atoms with Gasteiger partial charge in [-0.1, -0.05) is 20.3 Å². The number of hydrogen-bond donors (Lipinski definition) is 2. The molecule has 0 aromatic carbocycles. The number of rotatable bonds is 2. The fourth-order valence-electron chi connectivity index (χ4n) is 3.27. The van der Waals surface area contributed by atoms with Gasteiger partial charge in [0.1, 0.15) is 0 Å². The Morgan fingerprint density at radius 1 is 1.27 bits per heavy atom. The van der Waals surface area contributed by atoms with Crippen molar-refractivity contribution in [2.75, 3.05) is 12.3 Å². The van der Waals surface area contributed by atoms with Crippen LogP contribution in [0.3, 0.4) is 0 Å². The summed E-state index contributed by atoms with van der Waals surface area (Å²) in [5, 5.41) is 0. The maximum absolute atomic E-state index is 3.52. The van der Waals surface area contributed by atoms with Crippen molar-refractivity contribution in [1.29, 1.82) is 0 Å². The highest BCUT2D eigenvalue weighted by Crippen LogP contribution is 2.55. The fraction of sp³-hybridized carbons (Fsp3) is 1.00. The van der Waals surface area contributed by atoms with Gasteiger partial charge in [0.2, 0.25) is 0 Å². The Morgan fingerprint density at radius 3 is 2.67 bits per heavy atom. The molecule has 3 atom stereocenters. The van der Waals surface area contributed by atoms with Crippen LogP contribution in [0.25, 0.3) is 0 Å². The molecule has 15 heavy (non-hydrogen) atoms. The molecule has 3 heteroatoms. The van der Waals surface area contributed by atoms with Gasteiger partial charge < -0.3 is 0 Å². The Hall–Kier alpha value is 0.270. The molecule has 2 nitrogen and oxygen atoms in total. The zero-order chi connectivity index (χ0) is 11.2. The lowest BCUT2D eigenvalue weighted by molar-refractivity contribution is 0.158. The SMILES string of the molecule is CCCC1(C)CC2(C)CSC1(C)CNN2.